The van der Waals surface area contributed by atoms with Gasteiger partial charge in [0.25, 0.3) is 0 Å². The molecule has 1 unspecified atom stereocenters. The van der Waals surface area contributed by atoms with Crippen LogP contribution in [-0.2, 0) is 16.0 Å². The number of benzene rings is 1. The van der Waals surface area contributed by atoms with E-state index in [-0.39, 0.29) is 12.0 Å². The zero-order valence-electron chi connectivity index (χ0n) is 15.1. The van der Waals surface area contributed by atoms with Crippen LogP contribution in [0.3, 0.4) is 0 Å². The van der Waals surface area contributed by atoms with Crippen LogP contribution in [0.15, 0.2) is 42.5 Å². The highest BCUT2D eigenvalue weighted by Gasteiger charge is 2.25. The monoisotopic (exact) mass is 367 g/mol. The summed E-state index contributed by atoms with van der Waals surface area (Å²) in [5, 5.41) is 12.6. The second kappa shape index (κ2) is 7.71. The first-order valence-electron chi connectivity index (χ1n) is 8.94. The number of aryl methyl sites for hydroxylation is 1. The minimum absolute atomic E-state index is 0.0799. The lowest BCUT2D eigenvalue weighted by Crippen LogP contribution is -2.42. The fraction of sp³-hybridized carbons (Fsp3) is 0.368. The summed E-state index contributed by atoms with van der Waals surface area (Å²) in [6, 6.07) is 13.5. The van der Waals surface area contributed by atoms with Crippen LogP contribution in [0, 0.1) is 0 Å². The Kier molecular flexibility index (Phi) is 4.97. The maximum Gasteiger partial charge on any atom is 0.231 e. The molecule has 1 amide bonds. The van der Waals surface area contributed by atoms with Crippen LogP contribution in [0.1, 0.15) is 23.9 Å². The number of morpholine rings is 1. The third kappa shape index (κ3) is 3.75. The van der Waals surface area contributed by atoms with Gasteiger partial charge in [-0.2, -0.15) is 4.52 Å². The van der Waals surface area contributed by atoms with Gasteiger partial charge >= 0.3 is 0 Å². The summed E-state index contributed by atoms with van der Waals surface area (Å²) in [7, 11) is 1.56. The Balaban J connectivity index is 1.40. The van der Waals surface area contributed by atoms with Crippen LogP contribution in [-0.4, -0.2) is 57.4 Å². The van der Waals surface area contributed by atoms with E-state index in [9.17, 15) is 4.79 Å². The third-order valence-electron chi connectivity index (χ3n) is 4.67. The average Bonchev–Trinajstić information content (AvgIpc) is 3.15. The Morgan fingerprint density at radius 2 is 2.07 bits per heavy atom. The van der Waals surface area contributed by atoms with Gasteiger partial charge in [-0.3, -0.25) is 4.79 Å². The number of hydrogen-bond donors (Lipinski definition) is 0. The fourth-order valence-corrected chi connectivity index (χ4v) is 3.20. The quantitative estimate of drug-likeness (QED) is 0.682. The first-order valence-corrected chi connectivity index (χ1v) is 8.94. The van der Waals surface area contributed by atoms with E-state index in [0.29, 0.717) is 49.9 Å². The molecule has 0 spiro atoms. The lowest BCUT2D eigenvalue weighted by Gasteiger charge is -2.33. The van der Waals surface area contributed by atoms with Crippen LogP contribution in [0.4, 0.5) is 0 Å². The molecule has 3 aromatic rings. The van der Waals surface area contributed by atoms with E-state index in [0.717, 1.165) is 5.56 Å². The summed E-state index contributed by atoms with van der Waals surface area (Å²) >= 11 is 0. The normalized spacial score (nSPS) is 17.2. The van der Waals surface area contributed by atoms with Crippen molar-refractivity contribution in [2.24, 2.45) is 0 Å². The SMILES string of the molecule is COc1ccc2nnc(CCC(=O)N3CCOC(c4ccccc4)C3)n2n1. The molecule has 1 aromatic carbocycles. The lowest BCUT2D eigenvalue weighted by atomic mass is 10.1. The van der Waals surface area contributed by atoms with Gasteiger partial charge in [-0.05, 0) is 11.6 Å². The van der Waals surface area contributed by atoms with E-state index >= 15 is 0 Å². The van der Waals surface area contributed by atoms with Crippen LogP contribution < -0.4 is 4.74 Å². The highest BCUT2D eigenvalue weighted by molar-refractivity contribution is 5.76. The van der Waals surface area contributed by atoms with Gasteiger partial charge in [-0.25, -0.2) is 0 Å². The number of fused-ring (bicyclic) bond motifs is 1. The van der Waals surface area contributed by atoms with Crippen molar-refractivity contribution in [2.45, 2.75) is 18.9 Å². The molecule has 0 saturated carbocycles. The molecule has 8 heteroatoms. The standard InChI is InChI=1S/C19H21N5O3/c1-26-18-9-7-16-20-21-17(24(16)22-18)8-10-19(25)23-11-12-27-15(13-23)14-5-3-2-4-6-14/h2-7,9,15H,8,10-13H2,1H3. The number of ether oxygens (including phenoxy) is 2. The summed E-state index contributed by atoms with van der Waals surface area (Å²) in [5.41, 5.74) is 1.73. The molecule has 1 aliphatic heterocycles. The van der Waals surface area contributed by atoms with E-state index in [1.165, 1.54) is 0 Å². The first-order chi connectivity index (χ1) is 13.2. The van der Waals surface area contributed by atoms with Gasteiger partial charge in [0.15, 0.2) is 11.5 Å². The van der Waals surface area contributed by atoms with Crippen LogP contribution in [0.25, 0.3) is 5.65 Å². The molecule has 0 bridgehead atoms. The van der Waals surface area contributed by atoms with Crippen molar-refractivity contribution in [1.82, 2.24) is 24.7 Å². The highest BCUT2D eigenvalue weighted by atomic mass is 16.5. The number of methoxy groups -OCH3 is 1. The molecule has 27 heavy (non-hydrogen) atoms. The van der Waals surface area contributed by atoms with Crippen LogP contribution in [0.2, 0.25) is 0 Å². The Morgan fingerprint density at radius 3 is 2.89 bits per heavy atom. The molecule has 1 aliphatic rings. The van der Waals surface area contributed by atoms with E-state index in [1.54, 1.807) is 23.8 Å². The van der Waals surface area contributed by atoms with Crippen molar-refractivity contribution >= 4 is 11.6 Å². The molecule has 3 heterocycles. The van der Waals surface area contributed by atoms with Gasteiger partial charge in [0.2, 0.25) is 11.8 Å². The number of hydrogen-bond acceptors (Lipinski definition) is 6. The number of carbonyl (C=O) groups is 1. The van der Waals surface area contributed by atoms with E-state index in [4.69, 9.17) is 9.47 Å². The summed E-state index contributed by atoms with van der Waals surface area (Å²) < 4.78 is 12.6. The largest absolute Gasteiger partial charge is 0.480 e. The van der Waals surface area contributed by atoms with E-state index < -0.39 is 0 Å². The Morgan fingerprint density at radius 1 is 1.22 bits per heavy atom. The molecular weight excluding hydrogens is 346 g/mol. The van der Waals surface area contributed by atoms with Gasteiger partial charge in [0.1, 0.15) is 6.10 Å². The summed E-state index contributed by atoms with van der Waals surface area (Å²) in [5.74, 6) is 1.21. The minimum Gasteiger partial charge on any atom is -0.480 e. The second-order valence-electron chi connectivity index (χ2n) is 6.37. The predicted octanol–water partition coefficient (Wildman–Crippen LogP) is 1.67. The fourth-order valence-electron chi connectivity index (χ4n) is 3.20. The van der Waals surface area contributed by atoms with Gasteiger partial charge in [0, 0.05) is 25.5 Å². The summed E-state index contributed by atoms with van der Waals surface area (Å²) in [4.78, 5) is 14.6. The molecule has 0 N–H and O–H groups in total. The smallest absolute Gasteiger partial charge is 0.231 e. The molecular formula is C19H21N5O3. The minimum atomic E-state index is -0.0799. The molecule has 0 radical (unpaired) electrons. The number of rotatable bonds is 5. The van der Waals surface area contributed by atoms with Crippen molar-refractivity contribution in [3.63, 3.8) is 0 Å². The number of amides is 1. The Labute approximate surface area is 156 Å². The van der Waals surface area contributed by atoms with E-state index in [1.807, 2.05) is 35.2 Å². The molecule has 8 nitrogen and oxygen atoms in total. The zero-order chi connectivity index (χ0) is 18.6. The maximum atomic E-state index is 12.7. The zero-order valence-corrected chi connectivity index (χ0v) is 15.1. The first kappa shape index (κ1) is 17.4. The molecule has 0 aliphatic carbocycles. The molecule has 140 valence electrons. The molecule has 1 fully saturated rings. The molecule has 4 rings (SSSR count). The highest BCUT2D eigenvalue weighted by Crippen LogP contribution is 2.22. The Bertz CT molecular complexity index is 927. The molecule has 1 atom stereocenters. The van der Waals surface area contributed by atoms with Gasteiger partial charge in [-0.15, -0.1) is 15.3 Å². The van der Waals surface area contributed by atoms with Crippen LogP contribution in [0.5, 0.6) is 5.88 Å². The number of carbonyl (C=O) groups excluding carboxylic acids is 1. The van der Waals surface area contributed by atoms with Crippen molar-refractivity contribution in [3.05, 3.63) is 53.9 Å². The summed E-state index contributed by atoms with van der Waals surface area (Å²) in [6.07, 6.45) is 0.734. The van der Waals surface area contributed by atoms with E-state index in [2.05, 4.69) is 15.3 Å². The lowest BCUT2D eigenvalue weighted by molar-refractivity contribution is -0.139. The topological polar surface area (TPSA) is 81.9 Å². The van der Waals surface area contributed by atoms with Crippen molar-refractivity contribution in [3.8, 4) is 5.88 Å². The van der Waals surface area contributed by atoms with Gasteiger partial charge in [-0.1, -0.05) is 30.3 Å². The summed E-state index contributed by atoms with van der Waals surface area (Å²) in [6.45, 7) is 1.71. The van der Waals surface area contributed by atoms with Crippen molar-refractivity contribution < 1.29 is 14.3 Å². The maximum absolute atomic E-state index is 12.7. The van der Waals surface area contributed by atoms with Crippen molar-refractivity contribution in [1.29, 1.82) is 0 Å². The third-order valence-corrected chi connectivity index (χ3v) is 4.67. The van der Waals surface area contributed by atoms with Crippen LogP contribution >= 0.6 is 0 Å². The molecule has 2 aromatic heterocycles. The van der Waals surface area contributed by atoms with Crippen molar-refractivity contribution in [2.75, 3.05) is 26.8 Å². The second-order valence-corrected chi connectivity index (χ2v) is 6.37. The molecule has 1 saturated heterocycles. The average molecular weight is 367 g/mol. The Hall–Kier alpha value is -3.00. The number of aromatic nitrogens is 4. The van der Waals surface area contributed by atoms with Gasteiger partial charge in [0.05, 0.1) is 20.3 Å². The predicted molar refractivity (Wildman–Crippen MR) is 97.4 cm³/mol. The number of nitrogens with zero attached hydrogens (tertiary/aromatic N) is 5. The van der Waals surface area contributed by atoms with Gasteiger partial charge < -0.3 is 14.4 Å².